The van der Waals surface area contributed by atoms with Crippen molar-refractivity contribution in [1.82, 2.24) is 0 Å². The first-order valence-corrected chi connectivity index (χ1v) is 2.92. The second-order valence-electron chi connectivity index (χ2n) is 2.04. The molecule has 0 saturated heterocycles. The smallest absolute Gasteiger partial charge is 0.338 e. The molecule has 1 aromatic rings. The molecule has 64 valence electrons. The van der Waals surface area contributed by atoms with E-state index in [4.69, 9.17) is 5.11 Å². The first kappa shape index (κ1) is 8.45. The van der Waals surface area contributed by atoms with Gasteiger partial charge in [-0.3, -0.25) is 0 Å². The summed E-state index contributed by atoms with van der Waals surface area (Å²) < 4.78 is 24.9. The maximum absolute atomic E-state index is 12.6. The summed E-state index contributed by atoms with van der Waals surface area (Å²) in [5.41, 5.74) is -1.16. The molecular formula is C7H3F2O3-. The average molecular weight is 173 g/mol. The zero-order chi connectivity index (χ0) is 9.30. The van der Waals surface area contributed by atoms with Crippen LogP contribution >= 0.6 is 0 Å². The Bertz CT molecular complexity index is 336. The van der Waals surface area contributed by atoms with Crippen LogP contribution in [-0.2, 0) is 0 Å². The fourth-order valence-electron chi connectivity index (χ4n) is 0.732. The van der Waals surface area contributed by atoms with Gasteiger partial charge in [-0.15, -0.1) is 0 Å². The van der Waals surface area contributed by atoms with E-state index >= 15 is 0 Å². The first-order valence-electron chi connectivity index (χ1n) is 2.92. The molecule has 0 radical (unpaired) electrons. The highest BCUT2D eigenvalue weighted by Gasteiger charge is 2.14. The van der Waals surface area contributed by atoms with Crippen LogP contribution in [0.1, 0.15) is 10.4 Å². The molecule has 0 aliphatic carbocycles. The average Bonchev–Trinajstić information content (AvgIpc) is 1.97. The zero-order valence-corrected chi connectivity index (χ0v) is 5.67. The number of carbonyl (C=O) groups is 1. The molecule has 0 aliphatic rings. The summed E-state index contributed by atoms with van der Waals surface area (Å²) in [5.74, 6) is -5.76. The number of benzene rings is 1. The summed E-state index contributed by atoms with van der Waals surface area (Å²) in [6.07, 6.45) is 0. The van der Waals surface area contributed by atoms with Crippen LogP contribution < -0.4 is 5.11 Å². The van der Waals surface area contributed by atoms with Crippen LogP contribution in [0, 0.1) is 11.6 Å². The van der Waals surface area contributed by atoms with E-state index in [1.54, 1.807) is 0 Å². The topological polar surface area (TPSA) is 60.4 Å². The van der Waals surface area contributed by atoms with Gasteiger partial charge in [0.25, 0.3) is 0 Å². The van der Waals surface area contributed by atoms with Gasteiger partial charge in [0.1, 0.15) is 0 Å². The maximum atomic E-state index is 12.6. The lowest BCUT2D eigenvalue weighted by molar-refractivity contribution is -0.269. The molecule has 0 aliphatic heterocycles. The molecule has 0 fully saturated rings. The lowest BCUT2D eigenvalue weighted by Gasteiger charge is -2.09. The summed E-state index contributed by atoms with van der Waals surface area (Å²) >= 11 is 0. The van der Waals surface area contributed by atoms with Crippen LogP contribution in [-0.4, -0.2) is 11.1 Å². The number of aromatic carboxylic acids is 1. The summed E-state index contributed by atoms with van der Waals surface area (Å²) in [7, 11) is 0. The van der Waals surface area contributed by atoms with E-state index in [1.807, 2.05) is 0 Å². The third-order valence-corrected chi connectivity index (χ3v) is 1.27. The SMILES string of the molecule is O=C(O)c1c([O-])ccc(F)c1F. The van der Waals surface area contributed by atoms with Gasteiger partial charge in [0.2, 0.25) is 0 Å². The standard InChI is InChI=1S/C7H4F2O3/c8-3-1-2-4(10)5(6(3)9)7(11)12/h1-2,10H,(H,11,12)/p-1. The molecule has 0 aromatic heterocycles. The predicted octanol–water partition coefficient (Wildman–Crippen LogP) is 0.737. The maximum Gasteiger partial charge on any atom is 0.338 e. The minimum atomic E-state index is -1.77. The van der Waals surface area contributed by atoms with Crippen molar-refractivity contribution in [3.8, 4) is 5.75 Å². The number of halogens is 2. The molecule has 12 heavy (non-hydrogen) atoms. The second kappa shape index (κ2) is 2.77. The van der Waals surface area contributed by atoms with E-state index in [0.717, 1.165) is 0 Å². The first-order chi connectivity index (χ1) is 5.54. The Labute approximate surface area is 65.9 Å². The fraction of sp³-hybridized carbons (Fsp3) is 0. The summed E-state index contributed by atoms with van der Waals surface area (Å²) in [6.45, 7) is 0. The third kappa shape index (κ3) is 1.20. The van der Waals surface area contributed by atoms with Crippen molar-refractivity contribution < 1.29 is 23.8 Å². The monoisotopic (exact) mass is 173 g/mol. The Morgan fingerprint density at radius 3 is 2.42 bits per heavy atom. The number of carboxylic acids is 1. The highest BCUT2D eigenvalue weighted by molar-refractivity contribution is 5.90. The molecule has 0 bridgehead atoms. The van der Waals surface area contributed by atoms with Crippen molar-refractivity contribution in [2.24, 2.45) is 0 Å². The Kier molecular flexibility index (Phi) is 1.95. The van der Waals surface area contributed by atoms with Crippen LogP contribution in [0.15, 0.2) is 12.1 Å². The second-order valence-corrected chi connectivity index (χ2v) is 2.04. The molecule has 5 heteroatoms. The molecule has 0 unspecified atom stereocenters. The Morgan fingerprint density at radius 2 is 2.00 bits per heavy atom. The molecule has 0 amide bonds. The molecule has 0 heterocycles. The van der Waals surface area contributed by atoms with Gasteiger partial charge in [0.15, 0.2) is 11.6 Å². The Morgan fingerprint density at radius 1 is 1.42 bits per heavy atom. The predicted molar refractivity (Wildman–Crippen MR) is 32.8 cm³/mol. The van der Waals surface area contributed by atoms with Crippen LogP contribution in [0.3, 0.4) is 0 Å². The van der Waals surface area contributed by atoms with E-state index in [1.165, 1.54) is 0 Å². The van der Waals surface area contributed by atoms with Crippen LogP contribution in [0.2, 0.25) is 0 Å². The molecule has 3 nitrogen and oxygen atoms in total. The lowest BCUT2D eigenvalue weighted by Crippen LogP contribution is -2.08. The molecule has 0 spiro atoms. The van der Waals surface area contributed by atoms with Crippen molar-refractivity contribution in [1.29, 1.82) is 0 Å². The van der Waals surface area contributed by atoms with Crippen LogP contribution in [0.4, 0.5) is 8.78 Å². The van der Waals surface area contributed by atoms with E-state index < -0.39 is 28.9 Å². The Balaban J connectivity index is 3.43. The van der Waals surface area contributed by atoms with E-state index in [-0.39, 0.29) is 0 Å². The number of carboxylic acid groups (broad SMARTS) is 1. The van der Waals surface area contributed by atoms with Gasteiger partial charge in [-0.2, -0.15) is 0 Å². The highest BCUT2D eigenvalue weighted by Crippen LogP contribution is 2.19. The normalized spacial score (nSPS) is 9.83. The molecule has 0 atom stereocenters. The number of hydrogen-bond donors (Lipinski definition) is 1. The highest BCUT2D eigenvalue weighted by atomic mass is 19.2. The van der Waals surface area contributed by atoms with Gasteiger partial charge in [0.05, 0.1) is 5.56 Å². The lowest BCUT2D eigenvalue weighted by atomic mass is 10.2. The molecule has 1 aromatic carbocycles. The van der Waals surface area contributed by atoms with Gasteiger partial charge in [-0.05, 0) is 6.07 Å². The Hall–Kier alpha value is -1.65. The largest absolute Gasteiger partial charge is 0.872 e. The minimum Gasteiger partial charge on any atom is -0.872 e. The quantitative estimate of drug-likeness (QED) is 0.681. The third-order valence-electron chi connectivity index (χ3n) is 1.27. The van der Waals surface area contributed by atoms with Gasteiger partial charge in [-0.1, -0.05) is 11.8 Å². The van der Waals surface area contributed by atoms with Crippen molar-refractivity contribution in [2.45, 2.75) is 0 Å². The number of rotatable bonds is 1. The fourth-order valence-corrected chi connectivity index (χ4v) is 0.732. The van der Waals surface area contributed by atoms with Crippen molar-refractivity contribution in [2.75, 3.05) is 0 Å². The van der Waals surface area contributed by atoms with E-state index in [0.29, 0.717) is 12.1 Å². The number of hydrogen-bond acceptors (Lipinski definition) is 2. The molecular weight excluding hydrogens is 170 g/mol. The zero-order valence-electron chi connectivity index (χ0n) is 5.67. The molecule has 1 N–H and O–H groups in total. The van der Waals surface area contributed by atoms with Crippen LogP contribution in [0.5, 0.6) is 5.75 Å². The molecule has 1 rings (SSSR count). The van der Waals surface area contributed by atoms with Crippen molar-refractivity contribution in [3.63, 3.8) is 0 Å². The van der Waals surface area contributed by atoms with E-state index in [2.05, 4.69) is 0 Å². The van der Waals surface area contributed by atoms with Gasteiger partial charge in [0, 0.05) is 0 Å². The van der Waals surface area contributed by atoms with Gasteiger partial charge >= 0.3 is 5.97 Å². The minimum absolute atomic E-state index is 0.587. The van der Waals surface area contributed by atoms with Crippen molar-refractivity contribution >= 4 is 5.97 Å². The van der Waals surface area contributed by atoms with Gasteiger partial charge in [-0.25, -0.2) is 13.6 Å². The van der Waals surface area contributed by atoms with Gasteiger partial charge < -0.3 is 10.2 Å². The van der Waals surface area contributed by atoms with Crippen molar-refractivity contribution in [3.05, 3.63) is 29.3 Å². The molecule has 0 saturated carbocycles. The summed E-state index contributed by atoms with van der Waals surface area (Å²) in [5, 5.41) is 18.9. The summed E-state index contributed by atoms with van der Waals surface area (Å²) in [6, 6.07) is 1.26. The van der Waals surface area contributed by atoms with E-state index in [9.17, 15) is 18.7 Å². The van der Waals surface area contributed by atoms with Crippen LogP contribution in [0.25, 0.3) is 0 Å². The summed E-state index contributed by atoms with van der Waals surface area (Å²) in [4.78, 5) is 10.2.